The molecule has 1 nitrogen and oxygen atoms in total. The summed E-state index contributed by atoms with van der Waals surface area (Å²) in [5.41, 5.74) is 5.96. The molecule has 0 heterocycles. The molecule has 0 amide bonds. The van der Waals surface area contributed by atoms with E-state index in [-0.39, 0.29) is 0 Å². The molecule has 1 unspecified atom stereocenters. The summed E-state index contributed by atoms with van der Waals surface area (Å²) in [5.74, 6) is 0.897. The van der Waals surface area contributed by atoms with Gasteiger partial charge in [-0.2, -0.15) is 5.26 Å². The van der Waals surface area contributed by atoms with Gasteiger partial charge in [0.15, 0.2) is 0 Å². The van der Waals surface area contributed by atoms with Crippen LogP contribution in [-0.2, 0) is 0 Å². The number of hydrogen-bond acceptors (Lipinski definition) is 1. The SMILES string of the molecule is CCCCCC1CC=C(c2ccc(-c3ccc(C#N)cc3)cc2)CC1. The molecule has 3 rings (SSSR count). The van der Waals surface area contributed by atoms with Crippen molar-refractivity contribution in [3.8, 4) is 17.2 Å². The van der Waals surface area contributed by atoms with E-state index in [2.05, 4.69) is 43.3 Å². The summed E-state index contributed by atoms with van der Waals surface area (Å²) in [5, 5.41) is 8.90. The van der Waals surface area contributed by atoms with Crippen LogP contribution in [-0.4, -0.2) is 0 Å². The van der Waals surface area contributed by atoms with Gasteiger partial charge in [-0.1, -0.05) is 75.1 Å². The molecule has 2 aromatic rings. The summed E-state index contributed by atoms with van der Waals surface area (Å²) in [4.78, 5) is 0. The van der Waals surface area contributed by atoms with Crippen molar-refractivity contribution >= 4 is 5.57 Å². The smallest absolute Gasteiger partial charge is 0.0991 e. The molecule has 1 atom stereocenters. The van der Waals surface area contributed by atoms with E-state index in [4.69, 9.17) is 5.26 Å². The minimum Gasteiger partial charge on any atom is -0.192 e. The largest absolute Gasteiger partial charge is 0.192 e. The van der Waals surface area contributed by atoms with Gasteiger partial charge in [0.1, 0.15) is 0 Å². The first kappa shape index (κ1) is 17.5. The van der Waals surface area contributed by atoms with Crippen LogP contribution < -0.4 is 0 Å². The van der Waals surface area contributed by atoms with Crippen molar-refractivity contribution < 1.29 is 0 Å². The molecular formula is C24H27N. The van der Waals surface area contributed by atoms with Gasteiger partial charge in [0.2, 0.25) is 0 Å². The average molecular weight is 329 g/mol. The summed E-state index contributed by atoms with van der Waals surface area (Å²) in [7, 11) is 0. The maximum Gasteiger partial charge on any atom is 0.0991 e. The fourth-order valence-electron chi connectivity index (χ4n) is 3.71. The molecule has 0 aromatic heterocycles. The fraction of sp³-hybridized carbons (Fsp3) is 0.375. The topological polar surface area (TPSA) is 23.8 Å². The Morgan fingerprint density at radius 3 is 2.12 bits per heavy atom. The zero-order valence-corrected chi connectivity index (χ0v) is 15.2. The van der Waals surface area contributed by atoms with Crippen molar-refractivity contribution in [3.63, 3.8) is 0 Å². The Bertz CT molecular complexity index is 744. The van der Waals surface area contributed by atoms with E-state index in [0.29, 0.717) is 5.56 Å². The van der Waals surface area contributed by atoms with Crippen LogP contribution in [0, 0.1) is 17.2 Å². The first-order valence-corrected chi connectivity index (χ1v) is 9.60. The van der Waals surface area contributed by atoms with Gasteiger partial charge in [-0.15, -0.1) is 0 Å². The maximum absolute atomic E-state index is 8.90. The Balaban J connectivity index is 1.63. The monoisotopic (exact) mass is 329 g/mol. The third-order valence-electron chi connectivity index (χ3n) is 5.34. The van der Waals surface area contributed by atoms with Crippen LogP contribution in [0.5, 0.6) is 0 Å². The van der Waals surface area contributed by atoms with E-state index < -0.39 is 0 Å². The molecular weight excluding hydrogens is 302 g/mol. The van der Waals surface area contributed by atoms with Gasteiger partial charge < -0.3 is 0 Å². The highest BCUT2D eigenvalue weighted by molar-refractivity contribution is 5.71. The van der Waals surface area contributed by atoms with E-state index in [0.717, 1.165) is 5.92 Å². The lowest BCUT2D eigenvalue weighted by Crippen LogP contribution is -2.05. The third-order valence-corrected chi connectivity index (χ3v) is 5.34. The molecule has 25 heavy (non-hydrogen) atoms. The molecule has 1 heteroatoms. The molecule has 1 aliphatic carbocycles. The molecule has 0 radical (unpaired) electrons. The highest BCUT2D eigenvalue weighted by Crippen LogP contribution is 2.33. The predicted molar refractivity (Wildman–Crippen MR) is 106 cm³/mol. The van der Waals surface area contributed by atoms with Crippen molar-refractivity contribution in [2.24, 2.45) is 5.92 Å². The number of unbranched alkanes of at least 4 members (excludes halogenated alkanes) is 2. The van der Waals surface area contributed by atoms with Crippen LogP contribution in [0.2, 0.25) is 0 Å². The number of rotatable bonds is 6. The van der Waals surface area contributed by atoms with Crippen LogP contribution in [0.25, 0.3) is 16.7 Å². The Labute approximate surface area is 152 Å². The Hall–Kier alpha value is -2.33. The van der Waals surface area contributed by atoms with Crippen LogP contribution >= 0.6 is 0 Å². The molecule has 128 valence electrons. The van der Waals surface area contributed by atoms with E-state index in [1.807, 2.05) is 24.3 Å². The zero-order chi connectivity index (χ0) is 17.5. The van der Waals surface area contributed by atoms with Crippen molar-refractivity contribution in [1.82, 2.24) is 0 Å². The molecule has 0 saturated carbocycles. The Morgan fingerprint density at radius 2 is 1.56 bits per heavy atom. The lowest BCUT2D eigenvalue weighted by Gasteiger charge is -2.22. The molecule has 0 spiro atoms. The van der Waals surface area contributed by atoms with Gasteiger partial charge in [-0.3, -0.25) is 0 Å². The highest BCUT2D eigenvalue weighted by Gasteiger charge is 2.15. The molecule has 1 aliphatic rings. The molecule has 0 fully saturated rings. The Morgan fingerprint density at radius 1 is 0.920 bits per heavy atom. The van der Waals surface area contributed by atoms with Crippen molar-refractivity contribution in [3.05, 3.63) is 65.7 Å². The minimum absolute atomic E-state index is 0.709. The van der Waals surface area contributed by atoms with E-state index in [1.54, 1.807) is 0 Å². The van der Waals surface area contributed by atoms with Crippen molar-refractivity contribution in [2.45, 2.75) is 51.9 Å². The quantitative estimate of drug-likeness (QED) is 0.524. The van der Waals surface area contributed by atoms with Crippen LogP contribution in [0.15, 0.2) is 54.6 Å². The van der Waals surface area contributed by atoms with E-state index in [1.165, 1.54) is 67.2 Å². The van der Waals surface area contributed by atoms with E-state index >= 15 is 0 Å². The summed E-state index contributed by atoms with van der Waals surface area (Å²) >= 11 is 0. The molecule has 0 bridgehead atoms. The molecule has 0 aliphatic heterocycles. The van der Waals surface area contributed by atoms with Gasteiger partial charge in [0.25, 0.3) is 0 Å². The van der Waals surface area contributed by atoms with Crippen molar-refractivity contribution in [2.75, 3.05) is 0 Å². The van der Waals surface area contributed by atoms with Crippen molar-refractivity contribution in [1.29, 1.82) is 5.26 Å². The zero-order valence-electron chi connectivity index (χ0n) is 15.2. The summed E-state index contributed by atoms with van der Waals surface area (Å²) in [6.45, 7) is 2.28. The number of nitrogens with zero attached hydrogens (tertiary/aromatic N) is 1. The highest BCUT2D eigenvalue weighted by atomic mass is 14.2. The standard InChI is InChI=1S/C24H27N/c1-2-3-4-5-19-6-10-21(11-7-19)23-14-16-24(17-15-23)22-12-8-20(18-25)9-13-22/h8-10,12-17,19H,2-7,11H2,1H3. The second-order valence-electron chi connectivity index (χ2n) is 7.13. The van der Waals surface area contributed by atoms with E-state index in [9.17, 15) is 0 Å². The van der Waals surface area contributed by atoms with Crippen LogP contribution in [0.3, 0.4) is 0 Å². The maximum atomic E-state index is 8.90. The number of benzene rings is 2. The lowest BCUT2D eigenvalue weighted by molar-refractivity contribution is 0.428. The molecule has 2 aromatic carbocycles. The van der Waals surface area contributed by atoms with Gasteiger partial charge in [0, 0.05) is 0 Å². The number of nitriles is 1. The van der Waals surface area contributed by atoms with Gasteiger partial charge in [-0.25, -0.2) is 0 Å². The van der Waals surface area contributed by atoms with Gasteiger partial charge >= 0.3 is 0 Å². The predicted octanol–water partition coefficient (Wildman–Crippen LogP) is 6.99. The average Bonchev–Trinajstić information content (AvgIpc) is 2.69. The third kappa shape index (κ3) is 4.60. The normalized spacial score (nSPS) is 17.0. The minimum atomic E-state index is 0.709. The number of allylic oxidation sites excluding steroid dienone is 2. The second kappa shape index (κ2) is 8.67. The first-order valence-electron chi connectivity index (χ1n) is 9.60. The van der Waals surface area contributed by atoms with Gasteiger partial charge in [-0.05, 0) is 59.6 Å². The first-order chi connectivity index (χ1) is 12.3. The summed E-state index contributed by atoms with van der Waals surface area (Å²) in [6.07, 6.45) is 11.8. The van der Waals surface area contributed by atoms with Crippen LogP contribution in [0.4, 0.5) is 0 Å². The summed E-state index contributed by atoms with van der Waals surface area (Å²) in [6, 6.07) is 18.9. The van der Waals surface area contributed by atoms with Crippen LogP contribution in [0.1, 0.15) is 63.0 Å². The fourth-order valence-corrected chi connectivity index (χ4v) is 3.71. The number of hydrogen-bond donors (Lipinski definition) is 0. The molecule has 0 saturated heterocycles. The lowest BCUT2D eigenvalue weighted by atomic mass is 9.83. The molecule has 0 N–H and O–H groups in total. The Kier molecular flexibility index (Phi) is 6.07. The summed E-state index contributed by atoms with van der Waals surface area (Å²) < 4.78 is 0. The second-order valence-corrected chi connectivity index (χ2v) is 7.13. The van der Waals surface area contributed by atoms with Gasteiger partial charge in [0.05, 0.1) is 11.6 Å².